The number of hydrogen-bond acceptors (Lipinski definition) is 16. The molecule has 9 rings (SSSR count). The van der Waals surface area contributed by atoms with Crippen LogP contribution in [0.25, 0.3) is 0 Å². The molecule has 3 aromatic heterocycles. The number of morpholine rings is 3. The lowest BCUT2D eigenvalue weighted by atomic mass is 10.1. The normalized spacial score (nSPS) is 18.5. The second kappa shape index (κ2) is 23.1. The third-order valence-corrected chi connectivity index (χ3v) is 10.00. The van der Waals surface area contributed by atoms with Gasteiger partial charge in [0.2, 0.25) is 17.8 Å². The molecule has 16 nitrogen and oxygen atoms in total. The Kier molecular flexibility index (Phi) is 16.4. The molecule has 6 N–H and O–H groups in total. The van der Waals surface area contributed by atoms with Crippen LogP contribution in [0.15, 0.2) is 110 Å². The Morgan fingerprint density at radius 3 is 1.18 bits per heavy atom. The monoisotopic (exact) mass is 844 g/mol. The Morgan fingerprint density at radius 2 is 0.871 bits per heavy atom. The number of benzene rings is 3. The summed E-state index contributed by atoms with van der Waals surface area (Å²) in [4.78, 5) is 24.7. The number of hydrogen-bond donors (Lipinski definition) is 6. The van der Waals surface area contributed by atoms with Crippen molar-refractivity contribution in [2.75, 3.05) is 82.1 Å². The van der Waals surface area contributed by atoms with Crippen molar-refractivity contribution in [2.45, 2.75) is 31.7 Å². The Bertz CT molecular complexity index is 2080. The third kappa shape index (κ3) is 13.4. The summed E-state index contributed by atoms with van der Waals surface area (Å²) in [6, 6.07) is 24.2. The van der Waals surface area contributed by atoms with Gasteiger partial charge in [-0.15, -0.1) is 0 Å². The number of aromatic nitrogens is 6. The second-order valence-electron chi connectivity index (χ2n) is 14.4. The third-order valence-electron chi connectivity index (χ3n) is 10.00. The number of methoxy groups -OCH3 is 1. The van der Waals surface area contributed by atoms with Crippen molar-refractivity contribution in [1.82, 2.24) is 45.9 Å². The van der Waals surface area contributed by atoms with E-state index >= 15 is 0 Å². The molecular formula is C45H53FN12O4. The maximum absolute atomic E-state index is 12.7. The highest BCUT2D eigenvalue weighted by atomic mass is 19.1. The average Bonchev–Trinajstić information content (AvgIpc) is 3.35. The summed E-state index contributed by atoms with van der Waals surface area (Å²) in [7, 11) is 1.59. The van der Waals surface area contributed by atoms with Crippen LogP contribution in [0.3, 0.4) is 0 Å². The molecule has 0 saturated carbocycles. The van der Waals surface area contributed by atoms with E-state index in [0.717, 1.165) is 106 Å². The zero-order valence-corrected chi connectivity index (χ0v) is 34.9. The molecule has 3 aliphatic heterocycles. The molecule has 6 heterocycles. The van der Waals surface area contributed by atoms with E-state index in [0.29, 0.717) is 23.6 Å². The summed E-state index contributed by atoms with van der Waals surface area (Å²) in [5, 5.41) is 19.3. The zero-order valence-electron chi connectivity index (χ0n) is 34.9. The van der Waals surface area contributed by atoms with Gasteiger partial charge in [-0.3, -0.25) is 0 Å². The fraction of sp³-hybridized carbons (Fsp3) is 0.333. The van der Waals surface area contributed by atoms with Gasteiger partial charge in [-0.1, -0.05) is 43.3 Å². The Hall–Kier alpha value is -6.21. The van der Waals surface area contributed by atoms with Gasteiger partial charge in [-0.2, -0.15) is 0 Å². The van der Waals surface area contributed by atoms with E-state index in [-0.39, 0.29) is 18.3 Å². The maximum atomic E-state index is 12.7. The second-order valence-corrected chi connectivity index (χ2v) is 14.4. The van der Waals surface area contributed by atoms with Gasteiger partial charge in [0.1, 0.15) is 0 Å². The molecule has 0 spiro atoms. The smallest absolute Gasteiger partial charge is 0.227 e. The van der Waals surface area contributed by atoms with Crippen LogP contribution in [-0.4, -0.2) is 96.1 Å². The minimum Gasteiger partial charge on any atom is -0.494 e. The van der Waals surface area contributed by atoms with Crippen LogP contribution in [-0.2, 0) is 20.6 Å². The molecule has 3 fully saturated rings. The molecule has 0 radical (unpaired) electrons. The van der Waals surface area contributed by atoms with Crippen LogP contribution in [0.2, 0.25) is 0 Å². The van der Waals surface area contributed by atoms with Gasteiger partial charge in [0.25, 0.3) is 0 Å². The summed E-state index contributed by atoms with van der Waals surface area (Å²) in [5.74, 6) is 1.72. The Balaban J connectivity index is 0.000000140. The molecular weight excluding hydrogens is 792 g/mol. The molecule has 0 bridgehead atoms. The molecule has 6 aromatic rings. The molecule has 0 aliphatic carbocycles. The summed E-state index contributed by atoms with van der Waals surface area (Å²) >= 11 is 0. The predicted octanol–water partition coefficient (Wildman–Crippen LogP) is 6.35. The van der Waals surface area contributed by atoms with Crippen LogP contribution >= 0.6 is 0 Å². The largest absolute Gasteiger partial charge is 0.494 e. The fourth-order valence-electron chi connectivity index (χ4n) is 6.53. The van der Waals surface area contributed by atoms with Crippen molar-refractivity contribution in [3.63, 3.8) is 0 Å². The molecule has 3 aromatic carbocycles. The first-order valence-electron chi connectivity index (χ1n) is 20.7. The van der Waals surface area contributed by atoms with Crippen molar-refractivity contribution in [3.05, 3.63) is 138 Å². The number of rotatable bonds is 11. The Morgan fingerprint density at radius 1 is 0.532 bits per heavy atom. The van der Waals surface area contributed by atoms with E-state index < -0.39 is 5.82 Å². The minimum absolute atomic E-state index is 0.0971. The molecule has 0 unspecified atom stereocenters. The van der Waals surface area contributed by atoms with E-state index in [1.54, 1.807) is 19.5 Å². The summed E-state index contributed by atoms with van der Waals surface area (Å²) in [5.41, 5.74) is 7.39. The standard InChI is InChI=1S/C16H20N4O.C15H18N4O2.C14H15FN4O/c1-2-12-9-18-16(19-10-12)20-14-5-3-13(4-6-14)15-11-17-7-8-21-15;1-20-13-8-17-15(18-9-13)19-12-4-2-11(3-5-12)14-10-16-6-7-21-14;15-11-7-17-14(18-8-11)19-12-3-1-10(2-4-12)13-9-16-5-6-20-13/h3-6,9-10,15,17H,2,7-8,11H2,1H3,(H,18,19,20);2-5,8-9,14,16H,6-7,10H2,1H3,(H,17,18,19);1-4,7-8,13,16H,5-6,9H2,(H,17,18,19)/t15-;14-;13-/m111/s1. The first-order chi connectivity index (χ1) is 30.5. The van der Waals surface area contributed by atoms with Gasteiger partial charge in [-0.05, 0) is 65.1 Å². The minimum atomic E-state index is -0.451. The fourth-order valence-corrected chi connectivity index (χ4v) is 6.53. The van der Waals surface area contributed by atoms with Crippen molar-refractivity contribution >= 4 is 34.9 Å². The highest BCUT2D eigenvalue weighted by Crippen LogP contribution is 2.24. The van der Waals surface area contributed by atoms with Gasteiger partial charge in [0, 0.05) is 68.7 Å². The van der Waals surface area contributed by atoms with Gasteiger partial charge in [0.05, 0.1) is 70.0 Å². The highest BCUT2D eigenvalue weighted by Gasteiger charge is 2.17. The average molecular weight is 845 g/mol. The maximum Gasteiger partial charge on any atom is 0.227 e. The summed E-state index contributed by atoms with van der Waals surface area (Å²) in [6.45, 7) is 9.65. The number of ether oxygens (including phenoxy) is 4. The zero-order chi connectivity index (χ0) is 42.8. The first-order valence-corrected chi connectivity index (χ1v) is 20.7. The lowest BCUT2D eigenvalue weighted by molar-refractivity contribution is 0.0276. The number of anilines is 6. The number of nitrogens with one attached hydrogen (secondary N) is 6. The van der Waals surface area contributed by atoms with Crippen LogP contribution in [0.4, 0.5) is 39.3 Å². The van der Waals surface area contributed by atoms with Crippen LogP contribution in [0.1, 0.15) is 47.5 Å². The number of nitrogens with zero attached hydrogens (tertiary/aromatic N) is 6. The Labute approximate surface area is 360 Å². The summed E-state index contributed by atoms with van der Waals surface area (Å²) < 4.78 is 34.9. The first kappa shape index (κ1) is 43.9. The van der Waals surface area contributed by atoms with Gasteiger partial charge in [0.15, 0.2) is 11.6 Å². The van der Waals surface area contributed by atoms with Crippen LogP contribution in [0, 0.1) is 5.82 Å². The van der Waals surface area contributed by atoms with Crippen molar-refractivity contribution in [2.24, 2.45) is 0 Å². The molecule has 0 amide bonds. The molecule has 62 heavy (non-hydrogen) atoms. The van der Waals surface area contributed by atoms with Gasteiger partial charge < -0.3 is 50.8 Å². The van der Waals surface area contributed by atoms with E-state index in [4.69, 9.17) is 18.9 Å². The molecule has 3 aliphatic rings. The van der Waals surface area contributed by atoms with E-state index in [1.165, 1.54) is 11.1 Å². The predicted molar refractivity (Wildman–Crippen MR) is 236 cm³/mol. The van der Waals surface area contributed by atoms with Gasteiger partial charge in [-0.25, -0.2) is 34.3 Å². The highest BCUT2D eigenvalue weighted by molar-refractivity contribution is 5.55. The van der Waals surface area contributed by atoms with Crippen LogP contribution < -0.4 is 36.6 Å². The van der Waals surface area contributed by atoms with E-state index in [2.05, 4.69) is 93.0 Å². The number of halogens is 1. The van der Waals surface area contributed by atoms with Crippen LogP contribution in [0.5, 0.6) is 5.75 Å². The lowest BCUT2D eigenvalue weighted by Crippen LogP contribution is -2.33. The van der Waals surface area contributed by atoms with Crippen molar-refractivity contribution < 1.29 is 23.3 Å². The number of aryl methyl sites for hydroxylation is 1. The topological polar surface area (TPSA) is 186 Å². The van der Waals surface area contributed by atoms with E-state index in [9.17, 15) is 4.39 Å². The molecule has 3 saturated heterocycles. The molecule has 17 heteroatoms. The quantitative estimate of drug-likeness (QED) is 0.0846. The molecule has 3 atom stereocenters. The van der Waals surface area contributed by atoms with E-state index in [1.807, 2.05) is 60.9 Å². The van der Waals surface area contributed by atoms with Crippen molar-refractivity contribution in [3.8, 4) is 5.75 Å². The lowest BCUT2D eigenvalue weighted by Gasteiger charge is -2.24. The molecule has 324 valence electrons. The van der Waals surface area contributed by atoms with Gasteiger partial charge >= 0.3 is 0 Å². The summed E-state index contributed by atoms with van der Waals surface area (Å²) in [6.07, 6.45) is 10.5. The van der Waals surface area contributed by atoms with Crippen molar-refractivity contribution in [1.29, 1.82) is 0 Å². The SMILES string of the molecule is CCc1cnc(Nc2ccc([C@H]3CNCCO3)cc2)nc1.COc1cnc(Nc2ccc([C@H]3CNCCO3)cc2)nc1.Fc1cnc(Nc2ccc([C@H]3CNCCO3)cc2)nc1.